The van der Waals surface area contributed by atoms with E-state index in [1.807, 2.05) is 48.2 Å². The number of nitrogens with zero attached hydrogens (tertiary/aromatic N) is 2. The quantitative estimate of drug-likeness (QED) is 0.868. The zero-order valence-corrected chi connectivity index (χ0v) is 15.8. The molecule has 2 heterocycles. The van der Waals surface area contributed by atoms with Crippen LogP contribution in [-0.4, -0.2) is 41.2 Å². The first-order valence-electron chi connectivity index (χ1n) is 9.01. The average Bonchev–Trinajstić information content (AvgIpc) is 2.98. The number of hydrogen-bond donors (Lipinski definition) is 1. The first kappa shape index (κ1) is 17.7. The van der Waals surface area contributed by atoms with Crippen LogP contribution in [0, 0.1) is 6.92 Å². The molecule has 2 aliphatic rings. The van der Waals surface area contributed by atoms with Gasteiger partial charge in [-0.2, -0.15) is 0 Å². The van der Waals surface area contributed by atoms with Gasteiger partial charge in [-0.15, -0.1) is 0 Å². The van der Waals surface area contributed by atoms with Gasteiger partial charge in [-0.25, -0.2) is 0 Å². The zero-order chi connectivity index (χ0) is 19.0. The van der Waals surface area contributed by atoms with Crippen molar-refractivity contribution in [3.63, 3.8) is 0 Å². The summed E-state index contributed by atoms with van der Waals surface area (Å²) in [4.78, 5) is 31.8. The fourth-order valence-corrected chi connectivity index (χ4v) is 3.88. The predicted octanol–water partition coefficient (Wildman–Crippen LogP) is 3.20. The molecule has 4 rings (SSSR count). The number of rotatable bonds is 2. The number of aliphatic imine (C=N–C) groups is 1. The first-order valence-corrected chi connectivity index (χ1v) is 9.38. The van der Waals surface area contributed by atoms with Crippen LogP contribution in [0.5, 0.6) is 0 Å². The van der Waals surface area contributed by atoms with Crippen LogP contribution in [0.1, 0.15) is 34.3 Å². The molecule has 1 saturated heterocycles. The molecule has 2 aromatic rings. The van der Waals surface area contributed by atoms with E-state index >= 15 is 0 Å². The van der Waals surface area contributed by atoms with E-state index in [1.165, 1.54) is 0 Å². The summed E-state index contributed by atoms with van der Waals surface area (Å²) in [5, 5.41) is 3.60. The Bertz CT molecular complexity index is 946. The fraction of sp³-hybridized carbons (Fsp3) is 0.286. The highest BCUT2D eigenvalue weighted by atomic mass is 35.5. The lowest BCUT2D eigenvalue weighted by Gasteiger charge is -2.37. The van der Waals surface area contributed by atoms with Crippen molar-refractivity contribution < 1.29 is 9.59 Å². The van der Waals surface area contributed by atoms with E-state index in [9.17, 15) is 9.59 Å². The number of aryl methyl sites for hydroxylation is 1. The van der Waals surface area contributed by atoms with E-state index in [1.54, 1.807) is 12.1 Å². The van der Waals surface area contributed by atoms with Gasteiger partial charge in [-0.3, -0.25) is 14.6 Å². The average molecular weight is 382 g/mol. The summed E-state index contributed by atoms with van der Waals surface area (Å²) in [7, 11) is 0. The number of hydrogen-bond acceptors (Lipinski definition) is 3. The number of halogens is 1. The Morgan fingerprint density at radius 1 is 1.15 bits per heavy atom. The van der Waals surface area contributed by atoms with E-state index in [0.717, 1.165) is 16.7 Å². The van der Waals surface area contributed by atoms with Crippen LogP contribution in [0.4, 0.5) is 0 Å². The van der Waals surface area contributed by atoms with Crippen molar-refractivity contribution >= 4 is 29.1 Å². The number of likely N-dealkylation sites (tertiary alicyclic amines) is 1. The van der Waals surface area contributed by atoms with Crippen molar-refractivity contribution in [1.29, 1.82) is 0 Å². The summed E-state index contributed by atoms with van der Waals surface area (Å²) < 4.78 is 0. The molecule has 2 aliphatic heterocycles. The molecule has 0 radical (unpaired) electrons. The van der Waals surface area contributed by atoms with Crippen molar-refractivity contribution in [2.75, 3.05) is 13.1 Å². The van der Waals surface area contributed by atoms with E-state index < -0.39 is 5.66 Å². The largest absolute Gasteiger partial charge is 0.338 e. The van der Waals surface area contributed by atoms with Gasteiger partial charge in [-0.1, -0.05) is 41.9 Å². The number of benzene rings is 2. The molecule has 0 aliphatic carbocycles. The molecule has 0 unspecified atom stereocenters. The molecule has 2 amide bonds. The summed E-state index contributed by atoms with van der Waals surface area (Å²) >= 11 is 6.04. The smallest absolute Gasteiger partial charge is 0.272 e. The molecule has 27 heavy (non-hydrogen) atoms. The van der Waals surface area contributed by atoms with E-state index in [0.29, 0.717) is 36.7 Å². The SMILES string of the molecule is Cc1ccccc1C(=O)N1CCC2(CC1)N=C(c1cccc(Cl)c1)C(=O)N2. The Morgan fingerprint density at radius 2 is 1.89 bits per heavy atom. The Balaban J connectivity index is 1.51. The molecule has 2 aromatic carbocycles. The van der Waals surface area contributed by atoms with Crippen LogP contribution in [-0.2, 0) is 4.79 Å². The van der Waals surface area contributed by atoms with Gasteiger partial charge in [0, 0.05) is 42.1 Å². The van der Waals surface area contributed by atoms with Crippen LogP contribution in [0.2, 0.25) is 5.02 Å². The van der Waals surface area contributed by atoms with Crippen LogP contribution in [0.3, 0.4) is 0 Å². The fourth-order valence-electron chi connectivity index (χ4n) is 3.69. The van der Waals surface area contributed by atoms with Crippen molar-refractivity contribution in [2.24, 2.45) is 4.99 Å². The van der Waals surface area contributed by atoms with Crippen LogP contribution in [0.15, 0.2) is 53.5 Å². The minimum absolute atomic E-state index is 0.0336. The molecule has 1 spiro atoms. The van der Waals surface area contributed by atoms with Gasteiger partial charge in [0.1, 0.15) is 11.4 Å². The lowest BCUT2D eigenvalue weighted by atomic mass is 9.97. The molecule has 0 bridgehead atoms. The van der Waals surface area contributed by atoms with Crippen molar-refractivity contribution in [3.8, 4) is 0 Å². The Kier molecular flexibility index (Phi) is 4.48. The summed E-state index contributed by atoms with van der Waals surface area (Å²) in [5.74, 6) is -0.151. The number of piperidine rings is 1. The molecular formula is C21H20ClN3O2. The van der Waals surface area contributed by atoms with Crippen LogP contribution < -0.4 is 5.32 Å². The molecular weight excluding hydrogens is 362 g/mol. The second-order valence-corrected chi connectivity index (χ2v) is 7.50. The maximum atomic E-state index is 12.8. The summed E-state index contributed by atoms with van der Waals surface area (Å²) in [6.45, 7) is 3.05. The third kappa shape index (κ3) is 3.35. The highest BCUT2D eigenvalue weighted by Gasteiger charge is 2.43. The van der Waals surface area contributed by atoms with Gasteiger partial charge in [0.25, 0.3) is 11.8 Å². The van der Waals surface area contributed by atoms with Crippen molar-refractivity contribution in [3.05, 3.63) is 70.2 Å². The maximum absolute atomic E-state index is 12.8. The Morgan fingerprint density at radius 3 is 2.59 bits per heavy atom. The molecule has 1 fully saturated rings. The normalized spacial score (nSPS) is 18.4. The second kappa shape index (κ2) is 6.82. The van der Waals surface area contributed by atoms with Crippen LogP contribution in [0.25, 0.3) is 0 Å². The van der Waals surface area contributed by atoms with E-state index in [2.05, 4.69) is 5.32 Å². The Hall–Kier alpha value is -2.66. The van der Waals surface area contributed by atoms with Gasteiger partial charge in [0.05, 0.1) is 0 Å². The predicted molar refractivity (Wildman–Crippen MR) is 105 cm³/mol. The topological polar surface area (TPSA) is 61.8 Å². The minimum atomic E-state index is -0.628. The van der Waals surface area contributed by atoms with Gasteiger partial charge in [-0.05, 0) is 30.7 Å². The molecule has 5 nitrogen and oxygen atoms in total. The number of amides is 2. The molecule has 1 N–H and O–H groups in total. The monoisotopic (exact) mass is 381 g/mol. The van der Waals surface area contributed by atoms with E-state index in [-0.39, 0.29) is 11.8 Å². The zero-order valence-electron chi connectivity index (χ0n) is 15.0. The molecule has 0 saturated carbocycles. The van der Waals surface area contributed by atoms with Gasteiger partial charge >= 0.3 is 0 Å². The van der Waals surface area contributed by atoms with Crippen molar-refractivity contribution in [1.82, 2.24) is 10.2 Å². The number of carbonyl (C=O) groups is 2. The standard InChI is InChI=1S/C21H20ClN3O2/c1-14-5-2-3-8-17(14)20(27)25-11-9-21(10-12-25)23-18(19(26)24-21)15-6-4-7-16(22)13-15/h2-8,13H,9-12H2,1H3,(H,24,26). The van der Waals surface area contributed by atoms with Gasteiger partial charge in [0.2, 0.25) is 0 Å². The van der Waals surface area contributed by atoms with Crippen LogP contribution >= 0.6 is 11.6 Å². The Labute approximate surface area is 163 Å². The lowest BCUT2D eigenvalue weighted by Crippen LogP contribution is -2.52. The molecule has 0 aromatic heterocycles. The maximum Gasteiger partial charge on any atom is 0.272 e. The molecule has 0 atom stereocenters. The summed E-state index contributed by atoms with van der Waals surface area (Å²) in [6.07, 6.45) is 1.20. The first-order chi connectivity index (χ1) is 13.0. The third-order valence-electron chi connectivity index (χ3n) is 5.24. The highest BCUT2D eigenvalue weighted by Crippen LogP contribution is 2.30. The summed E-state index contributed by atoms with van der Waals surface area (Å²) in [5.41, 5.74) is 2.20. The number of nitrogens with one attached hydrogen (secondary N) is 1. The second-order valence-electron chi connectivity index (χ2n) is 7.06. The van der Waals surface area contributed by atoms with Crippen molar-refractivity contribution in [2.45, 2.75) is 25.4 Å². The number of carbonyl (C=O) groups excluding carboxylic acids is 2. The lowest BCUT2D eigenvalue weighted by molar-refractivity contribution is -0.115. The highest BCUT2D eigenvalue weighted by molar-refractivity contribution is 6.47. The van der Waals surface area contributed by atoms with E-state index in [4.69, 9.17) is 16.6 Å². The minimum Gasteiger partial charge on any atom is -0.338 e. The van der Waals surface area contributed by atoms with Gasteiger partial charge < -0.3 is 10.2 Å². The summed E-state index contributed by atoms with van der Waals surface area (Å²) in [6, 6.07) is 14.8. The molecule has 138 valence electrons. The van der Waals surface area contributed by atoms with Gasteiger partial charge in [0.15, 0.2) is 0 Å². The third-order valence-corrected chi connectivity index (χ3v) is 5.47. The molecule has 6 heteroatoms.